The van der Waals surface area contributed by atoms with Crippen molar-refractivity contribution in [3.05, 3.63) is 70.7 Å². The molecule has 0 spiro atoms. The van der Waals surface area contributed by atoms with Gasteiger partial charge in [-0.1, -0.05) is 67.6 Å². The van der Waals surface area contributed by atoms with E-state index in [1.807, 2.05) is 0 Å². The molecular formula is C21H25N3OS. The van der Waals surface area contributed by atoms with Gasteiger partial charge in [0.1, 0.15) is 11.3 Å². The molecule has 2 aromatic carbocycles. The number of aryl methyl sites for hydroxylation is 1. The maximum Gasteiger partial charge on any atom is 0.205 e. The Morgan fingerprint density at radius 2 is 1.88 bits per heavy atom. The lowest BCUT2D eigenvalue weighted by molar-refractivity contribution is 0.339. The van der Waals surface area contributed by atoms with Gasteiger partial charge in [0.25, 0.3) is 0 Å². The molecule has 1 unspecified atom stereocenters. The van der Waals surface area contributed by atoms with Crippen LogP contribution in [-0.4, -0.2) is 23.9 Å². The lowest BCUT2D eigenvalue weighted by atomic mass is 9.71. The number of ether oxygens (including phenoxy) is 1. The van der Waals surface area contributed by atoms with Crippen LogP contribution in [0.3, 0.4) is 0 Å². The summed E-state index contributed by atoms with van der Waals surface area (Å²) in [5.74, 6) is 1.17. The van der Waals surface area contributed by atoms with Crippen LogP contribution >= 0.6 is 11.3 Å². The minimum atomic E-state index is -0.0337. The summed E-state index contributed by atoms with van der Waals surface area (Å²) in [5.41, 5.74) is 5.46. The number of nitrogens with one attached hydrogen (secondary N) is 1. The van der Waals surface area contributed by atoms with Gasteiger partial charge in [0.2, 0.25) is 5.13 Å². The quantitative estimate of drug-likeness (QED) is 0.629. The predicted molar refractivity (Wildman–Crippen MR) is 108 cm³/mol. The fourth-order valence-corrected chi connectivity index (χ4v) is 3.92. The Hall–Kier alpha value is -2.40. The molecule has 0 saturated carbocycles. The molecule has 0 aliphatic heterocycles. The third-order valence-electron chi connectivity index (χ3n) is 4.72. The molecular weight excluding hydrogens is 342 g/mol. The summed E-state index contributed by atoms with van der Waals surface area (Å²) >= 11 is 1.52. The van der Waals surface area contributed by atoms with Gasteiger partial charge in [-0.25, -0.2) is 0 Å². The van der Waals surface area contributed by atoms with Crippen LogP contribution in [0.25, 0.3) is 0 Å². The molecule has 136 valence electrons. The van der Waals surface area contributed by atoms with Gasteiger partial charge in [0.05, 0.1) is 7.11 Å². The first-order valence-corrected chi connectivity index (χ1v) is 9.59. The van der Waals surface area contributed by atoms with Crippen LogP contribution in [0.4, 0.5) is 5.13 Å². The molecule has 1 heterocycles. The highest BCUT2D eigenvalue weighted by atomic mass is 32.1. The van der Waals surface area contributed by atoms with Gasteiger partial charge >= 0.3 is 0 Å². The van der Waals surface area contributed by atoms with E-state index in [0.29, 0.717) is 0 Å². The molecule has 0 aliphatic rings. The Kier molecular flexibility index (Phi) is 5.57. The van der Waals surface area contributed by atoms with Crippen molar-refractivity contribution in [2.75, 3.05) is 19.0 Å². The number of anilines is 1. The molecule has 3 rings (SSSR count). The molecule has 4 nitrogen and oxygen atoms in total. The Morgan fingerprint density at radius 1 is 1.12 bits per heavy atom. The molecule has 26 heavy (non-hydrogen) atoms. The highest BCUT2D eigenvalue weighted by Gasteiger charge is 2.32. The summed E-state index contributed by atoms with van der Waals surface area (Å²) in [6.07, 6.45) is 0. The Morgan fingerprint density at radius 3 is 2.50 bits per heavy atom. The van der Waals surface area contributed by atoms with Crippen LogP contribution < -0.4 is 10.1 Å². The van der Waals surface area contributed by atoms with Crippen molar-refractivity contribution >= 4 is 16.5 Å². The summed E-state index contributed by atoms with van der Waals surface area (Å²) in [7, 11) is 1.71. The fourth-order valence-electron chi connectivity index (χ4n) is 3.48. The van der Waals surface area contributed by atoms with Crippen molar-refractivity contribution in [2.24, 2.45) is 5.41 Å². The molecule has 1 atom stereocenters. The number of hydrogen-bond acceptors (Lipinski definition) is 5. The maximum absolute atomic E-state index is 5.44. The Labute approximate surface area is 159 Å². The molecule has 1 N–H and O–H groups in total. The molecule has 5 heteroatoms. The molecule has 0 saturated heterocycles. The molecule has 0 bridgehead atoms. The number of methoxy groups -OCH3 is 1. The average Bonchev–Trinajstić information content (AvgIpc) is 3.15. The van der Waals surface area contributed by atoms with E-state index in [-0.39, 0.29) is 11.3 Å². The second-order valence-corrected chi connectivity index (χ2v) is 7.99. The van der Waals surface area contributed by atoms with Gasteiger partial charge in [0, 0.05) is 12.5 Å². The summed E-state index contributed by atoms with van der Waals surface area (Å²) < 4.78 is 5.44. The predicted octanol–water partition coefficient (Wildman–Crippen LogP) is 5.13. The van der Waals surface area contributed by atoms with Crippen LogP contribution in [0.2, 0.25) is 0 Å². The van der Waals surface area contributed by atoms with E-state index in [1.54, 1.807) is 12.6 Å². The highest BCUT2D eigenvalue weighted by molar-refractivity contribution is 7.13. The molecule has 0 radical (unpaired) electrons. The van der Waals surface area contributed by atoms with E-state index in [4.69, 9.17) is 4.74 Å². The molecule has 0 fully saturated rings. The van der Waals surface area contributed by atoms with E-state index >= 15 is 0 Å². The smallest absolute Gasteiger partial charge is 0.205 e. The van der Waals surface area contributed by atoms with Crippen LogP contribution in [0.1, 0.15) is 36.5 Å². The molecule has 0 amide bonds. The maximum atomic E-state index is 5.44. The number of nitrogens with zero attached hydrogens (tertiary/aromatic N) is 2. The summed E-state index contributed by atoms with van der Waals surface area (Å²) in [4.78, 5) is 0. The van der Waals surface area contributed by atoms with Gasteiger partial charge in [-0.3, -0.25) is 0 Å². The Bertz CT molecular complexity index is 832. The first kappa shape index (κ1) is 18.4. The standard InChI is InChI=1S/C21H25N3OS/c1-15-12-17(10-11-18(15)25-4)19(16-8-6-5-7-9-16)21(2,3)13-22-20-24-23-14-26-20/h5-12,14,19H,13H2,1-4H3,(H,22,24). The van der Waals surface area contributed by atoms with Crippen LogP contribution in [0, 0.1) is 12.3 Å². The minimum absolute atomic E-state index is 0.0337. The van der Waals surface area contributed by atoms with Crippen molar-refractivity contribution < 1.29 is 4.74 Å². The van der Waals surface area contributed by atoms with Gasteiger partial charge in [-0.2, -0.15) is 0 Å². The number of benzene rings is 2. The number of hydrogen-bond donors (Lipinski definition) is 1. The van der Waals surface area contributed by atoms with E-state index in [9.17, 15) is 0 Å². The number of rotatable bonds is 7. The third-order valence-corrected chi connectivity index (χ3v) is 5.37. The largest absolute Gasteiger partial charge is 0.496 e. The van der Waals surface area contributed by atoms with Crippen LogP contribution in [0.5, 0.6) is 5.75 Å². The zero-order valence-electron chi connectivity index (χ0n) is 15.7. The van der Waals surface area contributed by atoms with Crippen molar-refractivity contribution in [3.8, 4) is 5.75 Å². The fraction of sp³-hybridized carbons (Fsp3) is 0.333. The lowest BCUT2D eigenvalue weighted by Gasteiger charge is -2.35. The summed E-state index contributed by atoms with van der Waals surface area (Å²) in [6.45, 7) is 7.47. The van der Waals surface area contributed by atoms with Crippen LogP contribution in [-0.2, 0) is 0 Å². The molecule has 3 aromatic rings. The summed E-state index contributed by atoms with van der Waals surface area (Å²) in [5, 5.41) is 12.3. The van der Waals surface area contributed by atoms with E-state index in [1.165, 1.54) is 22.5 Å². The van der Waals surface area contributed by atoms with Crippen molar-refractivity contribution in [2.45, 2.75) is 26.7 Å². The topological polar surface area (TPSA) is 47.0 Å². The molecule has 1 aromatic heterocycles. The summed E-state index contributed by atoms with van der Waals surface area (Å²) in [6, 6.07) is 17.2. The number of aromatic nitrogens is 2. The van der Waals surface area contributed by atoms with Gasteiger partial charge < -0.3 is 10.1 Å². The third kappa shape index (κ3) is 4.05. The zero-order valence-corrected chi connectivity index (χ0v) is 16.5. The van der Waals surface area contributed by atoms with E-state index < -0.39 is 0 Å². The SMILES string of the molecule is COc1ccc(C(c2ccccc2)C(C)(C)CNc2nncs2)cc1C. The average molecular weight is 368 g/mol. The van der Waals surface area contributed by atoms with Crippen molar-refractivity contribution in [1.29, 1.82) is 0 Å². The first-order valence-electron chi connectivity index (χ1n) is 8.71. The van der Waals surface area contributed by atoms with Gasteiger partial charge in [-0.05, 0) is 35.1 Å². The van der Waals surface area contributed by atoms with E-state index in [0.717, 1.165) is 23.0 Å². The second kappa shape index (κ2) is 7.87. The van der Waals surface area contributed by atoms with Gasteiger partial charge in [0.15, 0.2) is 0 Å². The van der Waals surface area contributed by atoms with Crippen molar-refractivity contribution in [1.82, 2.24) is 10.2 Å². The Balaban J connectivity index is 1.96. The first-order chi connectivity index (χ1) is 12.5. The second-order valence-electron chi connectivity index (χ2n) is 7.16. The zero-order chi connectivity index (χ0) is 18.6. The highest BCUT2D eigenvalue weighted by Crippen LogP contribution is 2.42. The van der Waals surface area contributed by atoms with Gasteiger partial charge in [-0.15, -0.1) is 10.2 Å². The van der Waals surface area contributed by atoms with Crippen LogP contribution in [0.15, 0.2) is 54.0 Å². The lowest BCUT2D eigenvalue weighted by Crippen LogP contribution is -2.31. The van der Waals surface area contributed by atoms with E-state index in [2.05, 4.69) is 84.8 Å². The monoisotopic (exact) mass is 367 g/mol. The minimum Gasteiger partial charge on any atom is -0.496 e. The van der Waals surface area contributed by atoms with Crippen molar-refractivity contribution in [3.63, 3.8) is 0 Å². The normalized spacial score (nSPS) is 12.6. The molecule has 0 aliphatic carbocycles.